The summed E-state index contributed by atoms with van der Waals surface area (Å²) in [7, 11) is 0. The van der Waals surface area contributed by atoms with Crippen LogP contribution in [-0.4, -0.2) is 65.0 Å². The number of hydrazone groups is 1. The zero-order valence-corrected chi connectivity index (χ0v) is 19.6. The molecule has 1 saturated heterocycles. The lowest BCUT2D eigenvalue weighted by atomic mass is 9.93. The maximum absolute atomic E-state index is 13.2. The summed E-state index contributed by atoms with van der Waals surface area (Å²) in [5, 5.41) is 5.41. The summed E-state index contributed by atoms with van der Waals surface area (Å²) in [6.07, 6.45) is 2.32. The van der Waals surface area contributed by atoms with E-state index in [1.54, 1.807) is 6.07 Å². The van der Waals surface area contributed by atoms with Crippen molar-refractivity contribution in [1.29, 1.82) is 0 Å². The van der Waals surface area contributed by atoms with Crippen LogP contribution in [0.25, 0.3) is 10.9 Å². The van der Waals surface area contributed by atoms with Crippen molar-refractivity contribution in [1.82, 2.24) is 20.2 Å². The average Bonchev–Trinajstić information content (AvgIpc) is 3.23. The van der Waals surface area contributed by atoms with Gasteiger partial charge in [-0.1, -0.05) is 31.2 Å². The van der Waals surface area contributed by atoms with Crippen LogP contribution in [0.1, 0.15) is 57.7 Å². The van der Waals surface area contributed by atoms with E-state index in [4.69, 9.17) is 4.42 Å². The van der Waals surface area contributed by atoms with Crippen molar-refractivity contribution in [2.24, 2.45) is 5.10 Å². The van der Waals surface area contributed by atoms with Crippen molar-refractivity contribution in [2.75, 3.05) is 32.7 Å². The number of rotatable bonds is 4. The minimum atomic E-state index is -0.364. The van der Waals surface area contributed by atoms with Gasteiger partial charge in [0.05, 0.1) is 11.2 Å². The van der Waals surface area contributed by atoms with Crippen molar-refractivity contribution in [3.8, 4) is 0 Å². The fraction of sp³-hybridized carbons (Fsp3) is 0.385. The third-order valence-corrected chi connectivity index (χ3v) is 6.75. The van der Waals surface area contributed by atoms with E-state index in [-0.39, 0.29) is 11.8 Å². The van der Waals surface area contributed by atoms with Gasteiger partial charge in [0.15, 0.2) is 5.76 Å². The number of amides is 2. The number of hydrogen-bond acceptors (Lipinski definition) is 6. The van der Waals surface area contributed by atoms with Crippen molar-refractivity contribution in [3.05, 3.63) is 64.7 Å². The number of pyridine rings is 1. The number of carbonyl (C=O) groups excluding carboxylic acids is 2. The molecule has 3 heterocycles. The Labute approximate surface area is 198 Å². The smallest absolute Gasteiger partial charge is 0.289 e. The highest BCUT2D eigenvalue weighted by atomic mass is 16.4. The minimum Gasteiger partial charge on any atom is -0.455 e. The van der Waals surface area contributed by atoms with Crippen LogP contribution >= 0.6 is 0 Å². The Morgan fingerprint density at radius 3 is 2.68 bits per heavy atom. The summed E-state index contributed by atoms with van der Waals surface area (Å²) < 4.78 is 6.06. The van der Waals surface area contributed by atoms with Crippen LogP contribution in [0, 0.1) is 6.92 Å². The van der Waals surface area contributed by atoms with Crippen molar-refractivity contribution < 1.29 is 14.0 Å². The molecule has 3 aromatic rings. The molecule has 1 N–H and O–H groups in total. The first-order chi connectivity index (χ1) is 16.5. The van der Waals surface area contributed by atoms with Gasteiger partial charge in [0.25, 0.3) is 11.8 Å². The standard InChI is InChI=1S/C26H29N5O3/c1-3-30-13-15-31(16-14-30)26(33)24-17(2)23-20(9-6-10-22(23)34-24)28-29-25(32)21-12-11-18-7-4-5-8-19(18)27-21/h4-5,7-8,11-12H,3,6,9-10,13-16H2,1-2H3,(H,29,32)/b28-20+. The maximum Gasteiger partial charge on any atom is 0.289 e. The topological polar surface area (TPSA) is 91.0 Å². The highest BCUT2D eigenvalue weighted by Gasteiger charge is 2.31. The average molecular weight is 460 g/mol. The first-order valence-electron chi connectivity index (χ1n) is 11.9. The van der Waals surface area contributed by atoms with E-state index in [0.717, 1.165) is 66.0 Å². The Morgan fingerprint density at radius 2 is 1.88 bits per heavy atom. The molecule has 8 heteroatoms. The zero-order valence-electron chi connectivity index (χ0n) is 19.6. The third-order valence-electron chi connectivity index (χ3n) is 6.75. The molecule has 1 fully saturated rings. The number of fused-ring (bicyclic) bond motifs is 2. The zero-order chi connectivity index (χ0) is 23.7. The van der Waals surface area contributed by atoms with E-state index < -0.39 is 0 Å². The van der Waals surface area contributed by atoms with Crippen molar-refractivity contribution in [3.63, 3.8) is 0 Å². The van der Waals surface area contributed by atoms with E-state index in [2.05, 4.69) is 27.3 Å². The van der Waals surface area contributed by atoms with E-state index in [1.807, 2.05) is 42.2 Å². The number of benzene rings is 1. The predicted molar refractivity (Wildman–Crippen MR) is 130 cm³/mol. The summed E-state index contributed by atoms with van der Waals surface area (Å²) >= 11 is 0. The lowest BCUT2D eigenvalue weighted by Gasteiger charge is -2.33. The summed E-state index contributed by atoms with van der Waals surface area (Å²) in [5.41, 5.74) is 6.13. The lowest BCUT2D eigenvalue weighted by Crippen LogP contribution is -2.48. The number of likely N-dealkylation sites (N-methyl/N-ethyl adjacent to an activating group) is 1. The first kappa shape index (κ1) is 22.3. The fourth-order valence-corrected chi connectivity index (χ4v) is 4.76. The quantitative estimate of drug-likeness (QED) is 0.604. The second-order valence-corrected chi connectivity index (χ2v) is 8.82. The number of aromatic nitrogens is 1. The molecule has 34 heavy (non-hydrogen) atoms. The van der Waals surface area contributed by atoms with Gasteiger partial charge in [-0.05, 0) is 38.4 Å². The molecule has 0 spiro atoms. The summed E-state index contributed by atoms with van der Waals surface area (Å²) in [4.78, 5) is 34.6. The van der Waals surface area contributed by atoms with Crippen LogP contribution in [0.15, 0.2) is 45.9 Å². The molecule has 176 valence electrons. The van der Waals surface area contributed by atoms with Crippen molar-refractivity contribution in [2.45, 2.75) is 33.1 Å². The van der Waals surface area contributed by atoms with Gasteiger partial charge in [0, 0.05) is 49.1 Å². The van der Waals surface area contributed by atoms with Gasteiger partial charge in [-0.25, -0.2) is 10.4 Å². The van der Waals surface area contributed by atoms with Gasteiger partial charge in [-0.2, -0.15) is 5.10 Å². The number of nitrogens with one attached hydrogen (secondary N) is 1. The summed E-state index contributed by atoms with van der Waals surface area (Å²) in [5.74, 6) is 0.742. The van der Waals surface area contributed by atoms with E-state index >= 15 is 0 Å². The van der Waals surface area contributed by atoms with Crippen LogP contribution in [0.3, 0.4) is 0 Å². The van der Waals surface area contributed by atoms with Crippen LogP contribution in [0.2, 0.25) is 0 Å². The minimum absolute atomic E-state index is 0.0635. The molecular weight excluding hydrogens is 430 g/mol. The SMILES string of the molecule is CCN1CCN(C(=O)c2oc3c(c2C)/C(=N/NC(=O)c2ccc4ccccc4n2)CCC3)CC1. The fourth-order valence-electron chi connectivity index (χ4n) is 4.76. The molecular formula is C26H29N5O3. The van der Waals surface area contributed by atoms with Crippen LogP contribution in [0.5, 0.6) is 0 Å². The van der Waals surface area contributed by atoms with E-state index in [9.17, 15) is 9.59 Å². The summed E-state index contributed by atoms with van der Waals surface area (Å²) in [6.45, 7) is 8.20. The molecule has 0 radical (unpaired) electrons. The Kier molecular flexibility index (Phi) is 6.15. The van der Waals surface area contributed by atoms with E-state index in [0.29, 0.717) is 31.0 Å². The molecule has 2 amide bonds. The summed E-state index contributed by atoms with van der Waals surface area (Å²) in [6, 6.07) is 11.2. The molecule has 2 aliphatic rings. The number of para-hydroxylation sites is 1. The highest BCUT2D eigenvalue weighted by Crippen LogP contribution is 2.30. The molecule has 0 bridgehead atoms. The molecule has 5 rings (SSSR count). The Hall–Kier alpha value is -3.52. The number of nitrogens with zero attached hydrogens (tertiary/aromatic N) is 4. The van der Waals surface area contributed by atoms with Crippen LogP contribution in [-0.2, 0) is 6.42 Å². The number of aryl methyl sites for hydroxylation is 1. The third kappa shape index (κ3) is 4.21. The normalized spacial score (nSPS) is 17.7. The molecule has 1 aliphatic carbocycles. The molecule has 2 aromatic heterocycles. The van der Waals surface area contributed by atoms with Gasteiger partial charge >= 0.3 is 0 Å². The maximum atomic E-state index is 13.2. The Bertz CT molecular complexity index is 1270. The van der Waals surface area contributed by atoms with Crippen molar-refractivity contribution >= 4 is 28.4 Å². The number of hydrogen-bond donors (Lipinski definition) is 1. The monoisotopic (exact) mass is 459 g/mol. The predicted octanol–water partition coefficient (Wildman–Crippen LogP) is 3.38. The second kappa shape index (κ2) is 9.38. The van der Waals surface area contributed by atoms with Gasteiger partial charge < -0.3 is 14.2 Å². The molecule has 0 saturated carbocycles. The van der Waals surface area contributed by atoms with Crippen LogP contribution in [0.4, 0.5) is 0 Å². The number of piperazine rings is 1. The lowest BCUT2D eigenvalue weighted by molar-refractivity contribution is 0.0609. The van der Waals surface area contributed by atoms with Gasteiger partial charge in [-0.3, -0.25) is 9.59 Å². The van der Waals surface area contributed by atoms with Crippen LogP contribution < -0.4 is 5.43 Å². The first-order valence-corrected chi connectivity index (χ1v) is 11.9. The molecule has 0 atom stereocenters. The van der Waals surface area contributed by atoms with E-state index in [1.165, 1.54) is 0 Å². The molecule has 1 aromatic carbocycles. The van der Waals surface area contributed by atoms with Gasteiger partial charge in [-0.15, -0.1) is 0 Å². The largest absolute Gasteiger partial charge is 0.455 e. The number of carbonyl (C=O) groups is 2. The van der Waals surface area contributed by atoms with Gasteiger partial charge in [0.1, 0.15) is 11.5 Å². The number of furan rings is 1. The molecule has 0 unspecified atom stereocenters. The molecule has 8 nitrogen and oxygen atoms in total. The Morgan fingerprint density at radius 1 is 1.09 bits per heavy atom. The van der Waals surface area contributed by atoms with Gasteiger partial charge in [0.2, 0.25) is 0 Å². The Balaban J connectivity index is 1.35. The second-order valence-electron chi connectivity index (χ2n) is 8.82. The highest BCUT2D eigenvalue weighted by molar-refractivity contribution is 6.07. The molecule has 1 aliphatic heterocycles.